The summed E-state index contributed by atoms with van der Waals surface area (Å²) in [7, 11) is 0. The van der Waals surface area contributed by atoms with Crippen LogP contribution in [0, 0.1) is 5.92 Å². The van der Waals surface area contributed by atoms with Gasteiger partial charge >= 0.3 is 0 Å². The highest BCUT2D eigenvalue weighted by molar-refractivity contribution is 6.10. The molecule has 2 aliphatic heterocycles. The summed E-state index contributed by atoms with van der Waals surface area (Å²) >= 11 is 0. The van der Waals surface area contributed by atoms with Crippen molar-refractivity contribution >= 4 is 23.3 Å². The maximum absolute atomic E-state index is 12.9. The Kier molecular flexibility index (Phi) is 6.23. The largest absolute Gasteiger partial charge is 0.383 e. The summed E-state index contributed by atoms with van der Waals surface area (Å²) in [6.07, 6.45) is 4.04. The lowest BCUT2D eigenvalue weighted by Gasteiger charge is -2.28. The molecule has 2 aromatic rings. The van der Waals surface area contributed by atoms with Crippen LogP contribution >= 0.6 is 0 Å². The Morgan fingerprint density at radius 1 is 1.03 bits per heavy atom. The number of nitrogens with zero attached hydrogens (tertiary/aromatic N) is 4. The van der Waals surface area contributed by atoms with Gasteiger partial charge in [0.1, 0.15) is 17.3 Å². The first-order chi connectivity index (χ1) is 14.6. The van der Waals surface area contributed by atoms with Gasteiger partial charge in [0, 0.05) is 51.5 Å². The molecule has 8 heteroatoms. The van der Waals surface area contributed by atoms with Crippen LogP contribution in [0.1, 0.15) is 35.3 Å². The molecule has 2 aromatic heterocycles. The summed E-state index contributed by atoms with van der Waals surface area (Å²) in [5, 5.41) is 0. The lowest BCUT2D eigenvalue weighted by atomic mass is 9.98. The summed E-state index contributed by atoms with van der Waals surface area (Å²) in [6.45, 7) is 4.22. The number of ketones is 1. The molecule has 0 bridgehead atoms. The highest BCUT2D eigenvalue weighted by Gasteiger charge is 2.28. The van der Waals surface area contributed by atoms with Gasteiger partial charge in [0.2, 0.25) is 11.7 Å². The van der Waals surface area contributed by atoms with Crippen molar-refractivity contribution in [3.8, 4) is 0 Å². The predicted octanol–water partition coefficient (Wildman–Crippen LogP) is 1.76. The molecule has 0 radical (unpaired) electrons. The second kappa shape index (κ2) is 9.21. The second-order valence-corrected chi connectivity index (χ2v) is 7.70. The fraction of sp³-hybridized carbons (Fsp3) is 0.455. The van der Waals surface area contributed by atoms with Crippen LogP contribution in [0.15, 0.2) is 36.5 Å². The zero-order valence-electron chi connectivity index (χ0n) is 17.0. The number of nitrogens with two attached hydrogens (primary N) is 1. The monoisotopic (exact) mass is 409 g/mol. The molecule has 0 aliphatic carbocycles. The van der Waals surface area contributed by atoms with Crippen molar-refractivity contribution in [1.82, 2.24) is 14.9 Å². The van der Waals surface area contributed by atoms with E-state index in [-0.39, 0.29) is 23.4 Å². The van der Waals surface area contributed by atoms with Crippen molar-refractivity contribution in [2.45, 2.75) is 19.3 Å². The van der Waals surface area contributed by atoms with Crippen LogP contribution in [-0.2, 0) is 9.53 Å². The smallest absolute Gasteiger partial charge is 0.225 e. The lowest BCUT2D eigenvalue weighted by Crippen LogP contribution is -2.40. The maximum atomic E-state index is 12.9. The Bertz CT molecular complexity index is 913. The molecule has 2 aliphatic rings. The number of hydrogen-bond donors (Lipinski definition) is 1. The minimum atomic E-state index is -0.242. The van der Waals surface area contributed by atoms with Crippen LogP contribution in [0.25, 0.3) is 0 Å². The van der Waals surface area contributed by atoms with Gasteiger partial charge in [0.25, 0.3) is 0 Å². The van der Waals surface area contributed by atoms with Gasteiger partial charge in [0.05, 0.1) is 5.56 Å². The number of pyridine rings is 2. The molecule has 2 fully saturated rings. The normalized spacial score (nSPS) is 18.1. The number of amides is 1. The zero-order valence-corrected chi connectivity index (χ0v) is 17.0. The van der Waals surface area contributed by atoms with Crippen molar-refractivity contribution in [1.29, 1.82) is 0 Å². The minimum absolute atomic E-state index is 0.0781. The Morgan fingerprint density at radius 3 is 2.67 bits per heavy atom. The average Bonchev–Trinajstić information content (AvgIpc) is 3.05. The van der Waals surface area contributed by atoms with E-state index in [1.807, 2.05) is 17.0 Å². The van der Waals surface area contributed by atoms with Gasteiger partial charge in [-0.3, -0.25) is 9.59 Å². The first kappa shape index (κ1) is 20.3. The van der Waals surface area contributed by atoms with E-state index in [2.05, 4.69) is 14.9 Å². The standard InChI is InChI=1S/C22H27N5O3/c23-21-17(4-2-9-24-21)20(28)18-5-1-6-19(25-18)26-10-3-11-27(13-12-26)22(29)16-7-14-30-15-8-16/h1-2,4-6,9,16H,3,7-8,10-15H2,(H2,23,24). The van der Waals surface area contributed by atoms with E-state index < -0.39 is 0 Å². The van der Waals surface area contributed by atoms with Crippen LogP contribution in [0.2, 0.25) is 0 Å². The molecule has 2 saturated heterocycles. The van der Waals surface area contributed by atoms with Gasteiger partial charge in [-0.1, -0.05) is 6.07 Å². The van der Waals surface area contributed by atoms with Crippen molar-refractivity contribution in [2.75, 3.05) is 50.0 Å². The summed E-state index contributed by atoms with van der Waals surface area (Å²) in [4.78, 5) is 38.4. The van der Waals surface area contributed by atoms with Crippen LogP contribution in [0.5, 0.6) is 0 Å². The van der Waals surface area contributed by atoms with E-state index in [1.54, 1.807) is 24.4 Å². The van der Waals surface area contributed by atoms with Crippen LogP contribution < -0.4 is 10.6 Å². The highest BCUT2D eigenvalue weighted by Crippen LogP contribution is 2.21. The number of hydrogen-bond acceptors (Lipinski definition) is 7. The summed E-state index contributed by atoms with van der Waals surface area (Å²) in [5.41, 5.74) is 6.54. The number of nitrogen functional groups attached to an aromatic ring is 1. The van der Waals surface area contributed by atoms with Gasteiger partial charge < -0.3 is 20.3 Å². The molecule has 0 unspecified atom stereocenters. The molecule has 0 aromatic carbocycles. The highest BCUT2D eigenvalue weighted by atomic mass is 16.5. The van der Waals surface area contributed by atoms with Gasteiger partial charge in [-0.15, -0.1) is 0 Å². The van der Waals surface area contributed by atoms with Gasteiger partial charge in [-0.05, 0) is 43.5 Å². The average molecular weight is 409 g/mol. The Labute approximate surface area is 176 Å². The molecule has 0 saturated carbocycles. The molecule has 0 spiro atoms. The van der Waals surface area contributed by atoms with E-state index >= 15 is 0 Å². The first-order valence-electron chi connectivity index (χ1n) is 10.5. The third-order valence-electron chi connectivity index (χ3n) is 5.75. The van der Waals surface area contributed by atoms with Crippen molar-refractivity contribution in [3.05, 3.63) is 47.8 Å². The molecule has 1 amide bonds. The molecule has 4 heterocycles. The molecular formula is C22H27N5O3. The summed E-state index contributed by atoms with van der Waals surface area (Å²) in [5.74, 6) is 1.02. The van der Waals surface area contributed by atoms with Crippen LogP contribution in [-0.4, -0.2) is 66.0 Å². The van der Waals surface area contributed by atoms with Crippen molar-refractivity contribution in [2.24, 2.45) is 5.92 Å². The fourth-order valence-corrected chi connectivity index (χ4v) is 4.04. The van der Waals surface area contributed by atoms with Crippen molar-refractivity contribution < 1.29 is 14.3 Å². The third kappa shape index (κ3) is 4.43. The number of carbonyl (C=O) groups is 2. The number of aromatic nitrogens is 2. The fourth-order valence-electron chi connectivity index (χ4n) is 4.04. The number of ether oxygens (including phenoxy) is 1. The molecule has 8 nitrogen and oxygen atoms in total. The molecule has 4 rings (SSSR count). The Hall–Kier alpha value is -3.00. The first-order valence-corrected chi connectivity index (χ1v) is 10.5. The topological polar surface area (TPSA) is 102 Å². The molecule has 0 atom stereocenters. The molecule has 2 N–H and O–H groups in total. The molecular weight excluding hydrogens is 382 g/mol. The third-order valence-corrected chi connectivity index (χ3v) is 5.75. The minimum Gasteiger partial charge on any atom is -0.383 e. The summed E-state index contributed by atoms with van der Waals surface area (Å²) in [6, 6.07) is 8.77. The lowest BCUT2D eigenvalue weighted by molar-refractivity contribution is -0.138. The maximum Gasteiger partial charge on any atom is 0.225 e. The Balaban J connectivity index is 1.45. The number of rotatable bonds is 4. The Morgan fingerprint density at radius 2 is 1.87 bits per heavy atom. The molecule has 30 heavy (non-hydrogen) atoms. The quantitative estimate of drug-likeness (QED) is 0.768. The van der Waals surface area contributed by atoms with E-state index in [0.29, 0.717) is 37.6 Å². The van der Waals surface area contributed by atoms with E-state index in [0.717, 1.165) is 38.2 Å². The van der Waals surface area contributed by atoms with Gasteiger partial charge in [0.15, 0.2) is 0 Å². The van der Waals surface area contributed by atoms with E-state index in [1.165, 1.54) is 0 Å². The summed E-state index contributed by atoms with van der Waals surface area (Å²) < 4.78 is 5.38. The van der Waals surface area contributed by atoms with E-state index in [9.17, 15) is 9.59 Å². The van der Waals surface area contributed by atoms with Gasteiger partial charge in [-0.2, -0.15) is 0 Å². The number of carbonyl (C=O) groups excluding carboxylic acids is 2. The van der Waals surface area contributed by atoms with Crippen molar-refractivity contribution in [3.63, 3.8) is 0 Å². The van der Waals surface area contributed by atoms with Crippen LogP contribution in [0.4, 0.5) is 11.6 Å². The zero-order chi connectivity index (χ0) is 20.9. The van der Waals surface area contributed by atoms with E-state index in [4.69, 9.17) is 10.5 Å². The predicted molar refractivity (Wildman–Crippen MR) is 113 cm³/mol. The second-order valence-electron chi connectivity index (χ2n) is 7.70. The van der Waals surface area contributed by atoms with Crippen LogP contribution in [0.3, 0.4) is 0 Å². The molecule has 158 valence electrons. The number of anilines is 2. The van der Waals surface area contributed by atoms with Gasteiger partial charge in [-0.25, -0.2) is 9.97 Å². The SMILES string of the molecule is Nc1ncccc1C(=O)c1cccc(N2CCCN(C(=O)C3CCOCC3)CC2)n1.